The number of nitrogens with two attached hydrogens (primary N) is 1. The van der Waals surface area contributed by atoms with Crippen molar-refractivity contribution >= 4 is 5.91 Å². The van der Waals surface area contributed by atoms with Crippen LogP contribution < -0.4 is 5.73 Å². The molecule has 0 aliphatic carbocycles. The molecule has 0 aromatic rings. The summed E-state index contributed by atoms with van der Waals surface area (Å²) in [6, 6.07) is 0. The van der Waals surface area contributed by atoms with Crippen molar-refractivity contribution in [3.8, 4) is 0 Å². The number of amides is 1. The fourth-order valence-corrected chi connectivity index (χ4v) is 1.08. The number of carbonyl (C=O) groups excluding carboxylic acids is 1. The van der Waals surface area contributed by atoms with E-state index in [2.05, 4.69) is 6.92 Å². The zero-order valence-electron chi connectivity index (χ0n) is 8.58. The van der Waals surface area contributed by atoms with E-state index in [1.807, 2.05) is 0 Å². The van der Waals surface area contributed by atoms with Gasteiger partial charge in [-0.3, -0.25) is 4.79 Å². The molecule has 0 aromatic carbocycles. The van der Waals surface area contributed by atoms with Crippen LogP contribution in [0.15, 0.2) is 0 Å². The number of nitrogens with zero attached hydrogens (tertiary/aromatic N) is 1. The molecule has 0 unspecified atom stereocenters. The van der Waals surface area contributed by atoms with Gasteiger partial charge < -0.3 is 15.4 Å². The van der Waals surface area contributed by atoms with Crippen LogP contribution in [-0.4, -0.2) is 44.2 Å². The van der Waals surface area contributed by atoms with Gasteiger partial charge in [0.05, 0.1) is 0 Å². The average Bonchev–Trinajstić information content (AvgIpc) is 2.12. The molecule has 13 heavy (non-hydrogen) atoms. The Kier molecular flexibility index (Phi) is 7.63. The molecule has 0 rings (SSSR count). The Labute approximate surface area is 80.0 Å². The number of unbranched alkanes of at least 4 members (excludes halogenated alkanes) is 1. The van der Waals surface area contributed by atoms with Crippen molar-refractivity contribution in [3.05, 3.63) is 0 Å². The summed E-state index contributed by atoms with van der Waals surface area (Å²) in [6.45, 7) is 4.18. The highest BCUT2D eigenvalue weighted by molar-refractivity contribution is 5.77. The Morgan fingerprint density at radius 1 is 1.46 bits per heavy atom. The monoisotopic (exact) mass is 188 g/mol. The largest absolute Gasteiger partial charge is 0.375 e. The Balaban J connectivity index is 3.83. The van der Waals surface area contributed by atoms with Gasteiger partial charge in [0, 0.05) is 26.7 Å². The van der Waals surface area contributed by atoms with Gasteiger partial charge in [-0.05, 0) is 6.42 Å². The first-order valence-electron chi connectivity index (χ1n) is 4.73. The summed E-state index contributed by atoms with van der Waals surface area (Å²) in [7, 11) is 1.53. The molecule has 0 heterocycles. The number of methoxy groups -OCH3 is 1. The molecule has 0 saturated carbocycles. The first-order valence-corrected chi connectivity index (χ1v) is 4.73. The van der Waals surface area contributed by atoms with Crippen LogP contribution in [0.2, 0.25) is 0 Å². The van der Waals surface area contributed by atoms with Crippen LogP contribution in [0.5, 0.6) is 0 Å². The van der Waals surface area contributed by atoms with E-state index < -0.39 is 0 Å². The third-order valence-corrected chi connectivity index (χ3v) is 1.80. The van der Waals surface area contributed by atoms with Crippen LogP contribution in [0.3, 0.4) is 0 Å². The van der Waals surface area contributed by atoms with Crippen LogP contribution in [0, 0.1) is 0 Å². The maximum Gasteiger partial charge on any atom is 0.248 e. The molecule has 4 heteroatoms. The minimum atomic E-state index is 0.0291. The van der Waals surface area contributed by atoms with Crippen LogP contribution >= 0.6 is 0 Å². The topological polar surface area (TPSA) is 55.6 Å². The molecule has 1 amide bonds. The van der Waals surface area contributed by atoms with Crippen molar-refractivity contribution in [2.24, 2.45) is 5.73 Å². The molecule has 0 radical (unpaired) electrons. The van der Waals surface area contributed by atoms with Crippen molar-refractivity contribution in [2.75, 3.05) is 33.4 Å². The number of carbonyl (C=O) groups is 1. The zero-order valence-corrected chi connectivity index (χ0v) is 8.58. The molecule has 0 saturated heterocycles. The predicted molar refractivity (Wildman–Crippen MR) is 52.4 cm³/mol. The van der Waals surface area contributed by atoms with Gasteiger partial charge in [-0.25, -0.2) is 0 Å². The molecule has 2 N–H and O–H groups in total. The number of rotatable bonds is 7. The quantitative estimate of drug-likeness (QED) is 0.622. The third kappa shape index (κ3) is 5.60. The molecule has 0 atom stereocenters. The lowest BCUT2D eigenvalue weighted by atomic mass is 10.3. The summed E-state index contributed by atoms with van der Waals surface area (Å²) < 4.78 is 4.78. The molecule has 0 aliphatic rings. The van der Waals surface area contributed by atoms with E-state index in [4.69, 9.17) is 10.5 Å². The summed E-state index contributed by atoms with van der Waals surface area (Å²) in [6.07, 6.45) is 2.11. The lowest BCUT2D eigenvalue weighted by molar-refractivity contribution is -0.135. The maximum absolute atomic E-state index is 11.4. The lowest BCUT2D eigenvalue weighted by Gasteiger charge is -2.21. The van der Waals surface area contributed by atoms with E-state index in [0.717, 1.165) is 19.4 Å². The summed E-state index contributed by atoms with van der Waals surface area (Å²) >= 11 is 0. The fourth-order valence-electron chi connectivity index (χ4n) is 1.08. The summed E-state index contributed by atoms with van der Waals surface area (Å²) in [5, 5.41) is 0. The minimum absolute atomic E-state index is 0.0291. The van der Waals surface area contributed by atoms with Crippen molar-refractivity contribution in [2.45, 2.75) is 19.8 Å². The van der Waals surface area contributed by atoms with Gasteiger partial charge in [0.2, 0.25) is 5.91 Å². The highest BCUT2D eigenvalue weighted by Gasteiger charge is 2.10. The van der Waals surface area contributed by atoms with Crippen LogP contribution in [0.4, 0.5) is 0 Å². The van der Waals surface area contributed by atoms with E-state index >= 15 is 0 Å². The Morgan fingerprint density at radius 3 is 2.62 bits per heavy atom. The first-order chi connectivity index (χ1) is 6.26. The molecule has 0 bridgehead atoms. The van der Waals surface area contributed by atoms with Gasteiger partial charge >= 0.3 is 0 Å². The van der Waals surface area contributed by atoms with Crippen LogP contribution in [0.25, 0.3) is 0 Å². The average molecular weight is 188 g/mol. The van der Waals surface area contributed by atoms with E-state index in [-0.39, 0.29) is 12.5 Å². The SMILES string of the molecule is CCCCN(CCN)C(=O)COC. The van der Waals surface area contributed by atoms with E-state index in [1.165, 1.54) is 7.11 Å². The number of hydrogen-bond donors (Lipinski definition) is 1. The Morgan fingerprint density at radius 2 is 2.15 bits per heavy atom. The molecular weight excluding hydrogens is 168 g/mol. The predicted octanol–water partition coefficient (Wildman–Crippen LogP) is 0.220. The van der Waals surface area contributed by atoms with Crippen LogP contribution in [-0.2, 0) is 9.53 Å². The molecule has 0 aliphatic heterocycles. The normalized spacial score (nSPS) is 10.1. The highest BCUT2D eigenvalue weighted by Crippen LogP contribution is 1.95. The van der Waals surface area contributed by atoms with Crippen molar-refractivity contribution in [1.82, 2.24) is 4.90 Å². The highest BCUT2D eigenvalue weighted by atomic mass is 16.5. The number of hydrogen-bond acceptors (Lipinski definition) is 3. The van der Waals surface area contributed by atoms with E-state index in [1.54, 1.807) is 4.90 Å². The zero-order chi connectivity index (χ0) is 10.1. The molecule has 78 valence electrons. The second-order valence-corrected chi connectivity index (χ2v) is 2.96. The molecular formula is C9H20N2O2. The van der Waals surface area contributed by atoms with Gasteiger partial charge in [-0.1, -0.05) is 13.3 Å². The second kappa shape index (κ2) is 8.01. The maximum atomic E-state index is 11.4. The van der Waals surface area contributed by atoms with E-state index in [0.29, 0.717) is 13.1 Å². The third-order valence-electron chi connectivity index (χ3n) is 1.80. The summed E-state index contributed by atoms with van der Waals surface area (Å²) in [5.74, 6) is 0.0291. The van der Waals surface area contributed by atoms with Crippen molar-refractivity contribution in [3.63, 3.8) is 0 Å². The second-order valence-electron chi connectivity index (χ2n) is 2.96. The van der Waals surface area contributed by atoms with Gasteiger partial charge in [0.25, 0.3) is 0 Å². The van der Waals surface area contributed by atoms with Gasteiger partial charge in [-0.2, -0.15) is 0 Å². The van der Waals surface area contributed by atoms with Gasteiger partial charge in [0.1, 0.15) is 6.61 Å². The minimum Gasteiger partial charge on any atom is -0.375 e. The molecule has 0 aromatic heterocycles. The van der Waals surface area contributed by atoms with E-state index in [9.17, 15) is 4.79 Å². The van der Waals surface area contributed by atoms with Crippen molar-refractivity contribution < 1.29 is 9.53 Å². The molecule has 0 spiro atoms. The Hall–Kier alpha value is -0.610. The fraction of sp³-hybridized carbons (Fsp3) is 0.889. The van der Waals surface area contributed by atoms with Gasteiger partial charge in [-0.15, -0.1) is 0 Å². The van der Waals surface area contributed by atoms with Crippen LogP contribution in [0.1, 0.15) is 19.8 Å². The first kappa shape index (κ1) is 12.4. The number of ether oxygens (including phenoxy) is 1. The van der Waals surface area contributed by atoms with Crippen molar-refractivity contribution in [1.29, 1.82) is 0 Å². The smallest absolute Gasteiger partial charge is 0.248 e. The molecule has 4 nitrogen and oxygen atoms in total. The standard InChI is InChI=1S/C9H20N2O2/c1-3-4-6-11(7-5-10)9(12)8-13-2/h3-8,10H2,1-2H3. The Bertz CT molecular complexity index is 140. The summed E-state index contributed by atoms with van der Waals surface area (Å²) in [4.78, 5) is 13.1. The lowest BCUT2D eigenvalue weighted by Crippen LogP contribution is -2.38. The molecule has 0 fully saturated rings. The summed E-state index contributed by atoms with van der Waals surface area (Å²) in [5.41, 5.74) is 5.40. The van der Waals surface area contributed by atoms with Gasteiger partial charge in [0.15, 0.2) is 0 Å².